The van der Waals surface area contributed by atoms with E-state index in [0.717, 1.165) is 5.56 Å². The molecule has 1 aromatic heterocycles. The molecule has 3 aromatic rings. The monoisotopic (exact) mass is 361 g/mol. The van der Waals surface area contributed by atoms with E-state index in [-0.39, 0.29) is 18.4 Å². The third-order valence-electron chi connectivity index (χ3n) is 3.71. The molecule has 2 N–H and O–H groups in total. The Hall–Kier alpha value is -3.67. The van der Waals surface area contributed by atoms with E-state index in [1.807, 2.05) is 30.3 Å². The van der Waals surface area contributed by atoms with Crippen LogP contribution in [0.1, 0.15) is 15.9 Å². The fourth-order valence-corrected chi connectivity index (χ4v) is 2.34. The summed E-state index contributed by atoms with van der Waals surface area (Å²) in [7, 11) is 0. The molecule has 0 unspecified atom stereocenters. The lowest BCUT2D eigenvalue weighted by Gasteiger charge is -2.08. The number of hydrogen-bond acceptors (Lipinski definition) is 4. The highest BCUT2D eigenvalue weighted by atomic mass is 16.5. The number of amides is 2. The fraction of sp³-hybridized carbons (Fsp3) is 0.0952. The number of carbonyl (C=O) groups excluding carboxylic acids is 2. The molecule has 0 fully saturated rings. The molecule has 0 radical (unpaired) electrons. The van der Waals surface area contributed by atoms with Gasteiger partial charge in [-0.25, -0.2) is 0 Å². The maximum Gasteiger partial charge on any atom is 0.251 e. The van der Waals surface area contributed by atoms with E-state index < -0.39 is 0 Å². The first-order valence-electron chi connectivity index (χ1n) is 8.45. The van der Waals surface area contributed by atoms with Crippen molar-refractivity contribution >= 4 is 17.5 Å². The first kappa shape index (κ1) is 18.1. The summed E-state index contributed by atoms with van der Waals surface area (Å²) in [6, 6.07) is 19.6. The lowest BCUT2D eigenvalue weighted by atomic mass is 10.2. The maximum atomic E-state index is 12.2. The quantitative estimate of drug-likeness (QED) is 0.678. The molecule has 1 heterocycles. The van der Waals surface area contributed by atoms with Gasteiger partial charge in [-0.2, -0.15) is 0 Å². The molecule has 6 heteroatoms. The molecule has 3 rings (SSSR count). The van der Waals surface area contributed by atoms with Gasteiger partial charge in [0.15, 0.2) is 0 Å². The van der Waals surface area contributed by atoms with Crippen LogP contribution < -0.4 is 15.4 Å². The summed E-state index contributed by atoms with van der Waals surface area (Å²) in [6.45, 7) is 0.298. The number of pyridine rings is 1. The number of para-hydroxylation sites is 1. The van der Waals surface area contributed by atoms with Crippen LogP contribution in [0.25, 0.3) is 0 Å². The van der Waals surface area contributed by atoms with Gasteiger partial charge in [-0.1, -0.05) is 24.3 Å². The molecule has 0 saturated heterocycles. The summed E-state index contributed by atoms with van der Waals surface area (Å²) in [4.78, 5) is 28.1. The Labute approximate surface area is 157 Å². The van der Waals surface area contributed by atoms with Gasteiger partial charge in [0.2, 0.25) is 5.91 Å². The predicted octanol–water partition coefficient (Wildman–Crippen LogP) is 3.03. The van der Waals surface area contributed by atoms with Crippen LogP contribution in [0, 0.1) is 0 Å². The summed E-state index contributed by atoms with van der Waals surface area (Å²) in [6.07, 6.45) is 3.44. The first-order valence-corrected chi connectivity index (χ1v) is 8.45. The molecule has 0 aliphatic heterocycles. The second-order valence-electron chi connectivity index (χ2n) is 5.77. The Kier molecular flexibility index (Phi) is 6.14. The van der Waals surface area contributed by atoms with Crippen molar-refractivity contribution in [2.24, 2.45) is 0 Å². The smallest absolute Gasteiger partial charge is 0.251 e. The van der Waals surface area contributed by atoms with Crippen LogP contribution >= 0.6 is 0 Å². The van der Waals surface area contributed by atoms with Crippen molar-refractivity contribution in [3.63, 3.8) is 0 Å². The topological polar surface area (TPSA) is 80.3 Å². The molecule has 2 aromatic carbocycles. The molecule has 0 saturated carbocycles. The second kappa shape index (κ2) is 9.15. The first-order chi connectivity index (χ1) is 13.2. The Morgan fingerprint density at radius 2 is 1.70 bits per heavy atom. The van der Waals surface area contributed by atoms with Gasteiger partial charge in [-0.15, -0.1) is 0 Å². The Balaban J connectivity index is 1.46. The number of benzene rings is 2. The predicted molar refractivity (Wildman–Crippen MR) is 102 cm³/mol. The summed E-state index contributed by atoms with van der Waals surface area (Å²) < 4.78 is 5.66. The van der Waals surface area contributed by atoms with Crippen LogP contribution in [-0.4, -0.2) is 23.3 Å². The zero-order chi connectivity index (χ0) is 18.9. The van der Waals surface area contributed by atoms with Crippen molar-refractivity contribution in [1.29, 1.82) is 0 Å². The highest BCUT2D eigenvalue weighted by molar-refractivity contribution is 5.99. The number of aromatic nitrogens is 1. The fourth-order valence-electron chi connectivity index (χ4n) is 2.34. The van der Waals surface area contributed by atoms with Crippen LogP contribution in [-0.2, 0) is 11.4 Å². The van der Waals surface area contributed by atoms with E-state index in [1.54, 1.807) is 48.8 Å². The van der Waals surface area contributed by atoms with Crippen LogP contribution in [0.2, 0.25) is 0 Å². The van der Waals surface area contributed by atoms with Gasteiger partial charge < -0.3 is 15.4 Å². The minimum Gasteiger partial charge on any atom is -0.489 e. The minimum atomic E-state index is -0.322. The molecule has 27 heavy (non-hydrogen) atoms. The average Bonchev–Trinajstić information content (AvgIpc) is 2.72. The molecule has 0 aliphatic carbocycles. The van der Waals surface area contributed by atoms with E-state index in [2.05, 4.69) is 15.6 Å². The Morgan fingerprint density at radius 1 is 0.926 bits per heavy atom. The number of hydrogen-bond donors (Lipinski definition) is 2. The zero-order valence-corrected chi connectivity index (χ0v) is 14.6. The summed E-state index contributed by atoms with van der Waals surface area (Å²) in [5.74, 6) is 0.0419. The molecular weight excluding hydrogens is 342 g/mol. The Bertz CT molecular complexity index is 882. The van der Waals surface area contributed by atoms with Crippen molar-refractivity contribution in [3.8, 4) is 5.75 Å². The summed E-state index contributed by atoms with van der Waals surface area (Å²) in [5.41, 5.74) is 2.10. The van der Waals surface area contributed by atoms with E-state index in [4.69, 9.17) is 4.74 Å². The van der Waals surface area contributed by atoms with Gasteiger partial charge in [0.25, 0.3) is 5.91 Å². The Morgan fingerprint density at radius 3 is 2.41 bits per heavy atom. The molecule has 0 spiro atoms. The molecule has 136 valence electrons. The normalized spacial score (nSPS) is 10.1. The highest BCUT2D eigenvalue weighted by Gasteiger charge is 2.08. The third kappa shape index (κ3) is 5.67. The summed E-state index contributed by atoms with van der Waals surface area (Å²) in [5, 5.41) is 5.31. The lowest BCUT2D eigenvalue weighted by molar-refractivity contribution is -0.115. The van der Waals surface area contributed by atoms with Crippen molar-refractivity contribution in [2.75, 3.05) is 11.9 Å². The molecular formula is C21H19N3O3. The second-order valence-corrected chi connectivity index (χ2v) is 5.77. The van der Waals surface area contributed by atoms with E-state index >= 15 is 0 Å². The van der Waals surface area contributed by atoms with Crippen LogP contribution in [0.3, 0.4) is 0 Å². The van der Waals surface area contributed by atoms with Gasteiger partial charge in [-0.3, -0.25) is 14.6 Å². The van der Waals surface area contributed by atoms with Gasteiger partial charge in [0.05, 0.1) is 6.54 Å². The van der Waals surface area contributed by atoms with E-state index in [0.29, 0.717) is 23.6 Å². The SMILES string of the molecule is O=C(CNC(=O)c1ccc(OCc2cccnc2)cc1)Nc1ccccc1. The van der Waals surface area contributed by atoms with Gasteiger partial charge in [-0.05, 0) is 42.5 Å². The molecule has 0 atom stereocenters. The van der Waals surface area contributed by atoms with Crippen molar-refractivity contribution in [1.82, 2.24) is 10.3 Å². The number of nitrogens with one attached hydrogen (secondary N) is 2. The van der Waals surface area contributed by atoms with E-state index in [1.165, 1.54) is 0 Å². The number of ether oxygens (including phenoxy) is 1. The number of carbonyl (C=O) groups is 2. The maximum absolute atomic E-state index is 12.2. The molecule has 2 amide bonds. The number of nitrogens with zero attached hydrogens (tertiary/aromatic N) is 1. The minimum absolute atomic E-state index is 0.104. The standard InChI is InChI=1S/C21H19N3O3/c25-20(24-18-6-2-1-3-7-18)14-23-21(26)17-8-10-19(11-9-17)27-15-16-5-4-12-22-13-16/h1-13H,14-15H2,(H,23,26)(H,24,25). The molecule has 0 bridgehead atoms. The number of anilines is 1. The van der Waals surface area contributed by atoms with Crippen molar-refractivity contribution in [3.05, 3.63) is 90.3 Å². The van der Waals surface area contributed by atoms with Crippen LogP contribution in [0.5, 0.6) is 5.75 Å². The lowest BCUT2D eigenvalue weighted by Crippen LogP contribution is -2.32. The zero-order valence-electron chi connectivity index (χ0n) is 14.6. The molecule has 0 aliphatic rings. The largest absolute Gasteiger partial charge is 0.489 e. The molecule has 6 nitrogen and oxygen atoms in total. The van der Waals surface area contributed by atoms with Crippen LogP contribution in [0.15, 0.2) is 79.1 Å². The van der Waals surface area contributed by atoms with Gasteiger partial charge in [0, 0.05) is 29.2 Å². The van der Waals surface area contributed by atoms with Crippen molar-refractivity contribution < 1.29 is 14.3 Å². The van der Waals surface area contributed by atoms with Crippen LogP contribution in [0.4, 0.5) is 5.69 Å². The summed E-state index contributed by atoms with van der Waals surface area (Å²) >= 11 is 0. The van der Waals surface area contributed by atoms with Gasteiger partial charge >= 0.3 is 0 Å². The van der Waals surface area contributed by atoms with E-state index in [9.17, 15) is 9.59 Å². The van der Waals surface area contributed by atoms with Crippen molar-refractivity contribution in [2.45, 2.75) is 6.61 Å². The van der Waals surface area contributed by atoms with Gasteiger partial charge in [0.1, 0.15) is 12.4 Å². The number of rotatable bonds is 7. The third-order valence-corrected chi connectivity index (χ3v) is 3.71. The highest BCUT2D eigenvalue weighted by Crippen LogP contribution is 2.14. The average molecular weight is 361 g/mol.